The highest BCUT2D eigenvalue weighted by molar-refractivity contribution is 7.15. The second-order valence-electron chi connectivity index (χ2n) is 6.58. The molecule has 0 bridgehead atoms. The molecule has 0 radical (unpaired) electrons. The van der Waals surface area contributed by atoms with Crippen molar-refractivity contribution >= 4 is 34.8 Å². The molecule has 2 aromatic heterocycles. The minimum atomic E-state index is -0.269. The molecule has 4 rings (SSSR count). The molecule has 1 aliphatic heterocycles. The number of amides is 1. The topological polar surface area (TPSA) is 84.7 Å². The molecule has 0 saturated carbocycles. The summed E-state index contributed by atoms with van der Waals surface area (Å²) in [6, 6.07) is 6.58. The maximum Gasteiger partial charge on any atom is 0.231 e. The Bertz CT molecular complexity index is 961. The number of rotatable bonds is 5. The molecule has 1 saturated heterocycles. The van der Waals surface area contributed by atoms with E-state index in [4.69, 9.17) is 0 Å². The van der Waals surface area contributed by atoms with E-state index in [1.165, 1.54) is 17.4 Å². The fourth-order valence-electron chi connectivity index (χ4n) is 3.31. The fraction of sp³-hybridized carbons (Fsp3) is 0.333. The van der Waals surface area contributed by atoms with E-state index in [0.29, 0.717) is 28.7 Å². The van der Waals surface area contributed by atoms with Crippen molar-refractivity contribution in [3.63, 3.8) is 0 Å². The first-order valence-electron chi connectivity index (χ1n) is 8.66. The number of aryl methyl sites for hydroxylation is 1. The molecule has 1 aromatic carbocycles. The van der Waals surface area contributed by atoms with Crippen molar-refractivity contribution in [3.05, 3.63) is 58.6 Å². The number of hydrogen-bond acceptors (Lipinski definition) is 6. The van der Waals surface area contributed by atoms with Gasteiger partial charge in [-0.15, -0.1) is 22.6 Å². The van der Waals surface area contributed by atoms with Gasteiger partial charge in [0.15, 0.2) is 0 Å². The average molecular weight is 423 g/mol. The summed E-state index contributed by atoms with van der Waals surface area (Å²) in [4.78, 5) is 12.7. The van der Waals surface area contributed by atoms with Crippen LogP contribution in [0.15, 0.2) is 36.7 Å². The standard InChI is InChI=1S/C18H19FN6OS.ClH/c1-25-10-12(7-21-25)13-8-20-9-14(13)17(26)22-18-24-23-16(27-18)6-11-4-2-3-5-15(11)19;/h2-5,7,10,13-14,20H,6,8-9H2,1H3,(H,22,24,26);1H/t13-,14+;/m1./s1. The van der Waals surface area contributed by atoms with Crippen molar-refractivity contribution in [3.8, 4) is 0 Å². The highest BCUT2D eigenvalue weighted by atomic mass is 35.5. The summed E-state index contributed by atoms with van der Waals surface area (Å²) < 4.78 is 15.5. The monoisotopic (exact) mass is 422 g/mol. The Morgan fingerprint density at radius 1 is 1.36 bits per heavy atom. The zero-order valence-electron chi connectivity index (χ0n) is 15.1. The van der Waals surface area contributed by atoms with Crippen molar-refractivity contribution in [1.82, 2.24) is 25.3 Å². The van der Waals surface area contributed by atoms with Crippen LogP contribution < -0.4 is 10.6 Å². The van der Waals surface area contributed by atoms with Gasteiger partial charge in [-0.1, -0.05) is 29.5 Å². The number of nitrogens with one attached hydrogen (secondary N) is 2. The third-order valence-electron chi connectivity index (χ3n) is 4.70. The fourth-order valence-corrected chi connectivity index (χ4v) is 4.08. The molecule has 3 heterocycles. The van der Waals surface area contributed by atoms with Crippen molar-refractivity contribution in [2.24, 2.45) is 13.0 Å². The molecule has 1 fully saturated rings. The highest BCUT2D eigenvalue weighted by Crippen LogP contribution is 2.29. The van der Waals surface area contributed by atoms with Gasteiger partial charge in [0, 0.05) is 38.7 Å². The molecular weight excluding hydrogens is 403 g/mol. The van der Waals surface area contributed by atoms with Crippen LogP contribution in [0.5, 0.6) is 0 Å². The second-order valence-corrected chi connectivity index (χ2v) is 7.64. The van der Waals surface area contributed by atoms with E-state index in [-0.39, 0.29) is 36.0 Å². The summed E-state index contributed by atoms with van der Waals surface area (Å²) in [6.45, 7) is 1.34. The number of benzene rings is 1. The van der Waals surface area contributed by atoms with Gasteiger partial charge in [-0.3, -0.25) is 9.48 Å². The van der Waals surface area contributed by atoms with E-state index in [1.807, 2.05) is 13.2 Å². The zero-order chi connectivity index (χ0) is 18.8. The normalized spacial score (nSPS) is 18.6. The summed E-state index contributed by atoms with van der Waals surface area (Å²) in [5, 5.41) is 19.5. The number of nitrogens with zero attached hydrogens (tertiary/aromatic N) is 4. The molecule has 2 atom stereocenters. The van der Waals surface area contributed by atoms with Gasteiger partial charge in [0.25, 0.3) is 0 Å². The van der Waals surface area contributed by atoms with Crippen molar-refractivity contribution in [1.29, 1.82) is 0 Å². The van der Waals surface area contributed by atoms with Crippen LogP contribution in [0, 0.1) is 11.7 Å². The van der Waals surface area contributed by atoms with Crippen LogP contribution in [-0.2, 0) is 18.3 Å². The number of anilines is 1. The molecule has 10 heteroatoms. The lowest BCUT2D eigenvalue weighted by Gasteiger charge is -2.15. The Balaban J connectivity index is 0.00000225. The van der Waals surface area contributed by atoms with Gasteiger partial charge in [-0.25, -0.2) is 4.39 Å². The van der Waals surface area contributed by atoms with Gasteiger partial charge in [0.2, 0.25) is 11.0 Å². The molecule has 0 aliphatic carbocycles. The number of aromatic nitrogens is 4. The third-order valence-corrected chi connectivity index (χ3v) is 5.54. The summed E-state index contributed by atoms with van der Waals surface area (Å²) >= 11 is 1.27. The predicted molar refractivity (Wildman–Crippen MR) is 107 cm³/mol. The number of halogens is 2. The molecule has 0 unspecified atom stereocenters. The molecule has 28 heavy (non-hydrogen) atoms. The first-order chi connectivity index (χ1) is 13.1. The van der Waals surface area contributed by atoms with Crippen molar-refractivity contribution in [2.45, 2.75) is 12.3 Å². The summed E-state index contributed by atoms with van der Waals surface area (Å²) in [5.74, 6) is -0.491. The minimum Gasteiger partial charge on any atom is -0.315 e. The predicted octanol–water partition coefficient (Wildman–Crippen LogP) is 2.37. The first-order valence-corrected chi connectivity index (χ1v) is 9.47. The summed E-state index contributed by atoms with van der Waals surface area (Å²) in [6.07, 6.45) is 4.09. The van der Waals surface area contributed by atoms with Gasteiger partial charge in [0.1, 0.15) is 10.8 Å². The Morgan fingerprint density at radius 2 is 2.18 bits per heavy atom. The van der Waals surface area contributed by atoms with E-state index in [9.17, 15) is 9.18 Å². The second kappa shape index (κ2) is 8.76. The van der Waals surface area contributed by atoms with Crippen LogP contribution in [0.1, 0.15) is 22.1 Å². The Labute approximate surface area is 171 Å². The zero-order valence-corrected chi connectivity index (χ0v) is 16.8. The Hall–Kier alpha value is -2.36. The highest BCUT2D eigenvalue weighted by Gasteiger charge is 2.35. The van der Waals surface area contributed by atoms with Crippen LogP contribution in [-0.4, -0.2) is 39.0 Å². The molecule has 1 aliphatic rings. The van der Waals surface area contributed by atoms with E-state index in [0.717, 1.165) is 12.1 Å². The quantitative estimate of drug-likeness (QED) is 0.659. The largest absolute Gasteiger partial charge is 0.315 e. The lowest BCUT2D eigenvalue weighted by molar-refractivity contribution is -0.119. The van der Waals surface area contributed by atoms with Gasteiger partial charge in [-0.2, -0.15) is 5.10 Å². The van der Waals surface area contributed by atoms with E-state index in [1.54, 1.807) is 29.1 Å². The number of carbonyl (C=O) groups excluding carboxylic acids is 1. The molecule has 148 valence electrons. The van der Waals surface area contributed by atoms with Gasteiger partial charge < -0.3 is 10.6 Å². The summed E-state index contributed by atoms with van der Waals surface area (Å²) in [5.41, 5.74) is 1.60. The van der Waals surface area contributed by atoms with Crippen molar-refractivity contribution < 1.29 is 9.18 Å². The molecule has 0 spiro atoms. The molecule has 2 N–H and O–H groups in total. The lowest BCUT2D eigenvalue weighted by Crippen LogP contribution is -2.28. The smallest absolute Gasteiger partial charge is 0.231 e. The Morgan fingerprint density at radius 3 is 2.93 bits per heavy atom. The number of carbonyl (C=O) groups is 1. The third kappa shape index (κ3) is 4.37. The van der Waals surface area contributed by atoms with E-state index < -0.39 is 0 Å². The minimum absolute atomic E-state index is 0. The van der Waals surface area contributed by atoms with Crippen molar-refractivity contribution in [2.75, 3.05) is 18.4 Å². The molecular formula is C18H20ClFN6OS. The molecule has 7 nitrogen and oxygen atoms in total. The lowest BCUT2D eigenvalue weighted by atomic mass is 9.90. The maximum absolute atomic E-state index is 13.8. The van der Waals surface area contributed by atoms with Gasteiger partial charge >= 0.3 is 0 Å². The van der Waals surface area contributed by atoms with Crippen LogP contribution in [0.2, 0.25) is 0 Å². The van der Waals surface area contributed by atoms with Crippen LogP contribution in [0.4, 0.5) is 9.52 Å². The molecule has 3 aromatic rings. The van der Waals surface area contributed by atoms with E-state index >= 15 is 0 Å². The van der Waals surface area contributed by atoms with Crippen LogP contribution >= 0.6 is 23.7 Å². The SMILES string of the molecule is Cl.Cn1cc([C@H]2CNC[C@@H]2C(=O)Nc2nnc(Cc3ccccc3F)s2)cn1. The number of hydrogen-bond donors (Lipinski definition) is 2. The maximum atomic E-state index is 13.8. The van der Waals surface area contributed by atoms with Gasteiger partial charge in [0.05, 0.1) is 12.1 Å². The summed E-state index contributed by atoms with van der Waals surface area (Å²) in [7, 11) is 1.86. The average Bonchev–Trinajstić information content (AvgIpc) is 3.37. The van der Waals surface area contributed by atoms with Crippen LogP contribution in [0.25, 0.3) is 0 Å². The first kappa shape index (κ1) is 20.4. The van der Waals surface area contributed by atoms with Gasteiger partial charge in [-0.05, 0) is 17.2 Å². The molecule has 1 amide bonds. The van der Waals surface area contributed by atoms with E-state index in [2.05, 4.69) is 25.9 Å². The Kier molecular flexibility index (Phi) is 6.38. The van der Waals surface area contributed by atoms with Crippen LogP contribution in [0.3, 0.4) is 0 Å².